The molecule has 2 N–H and O–H groups in total. The molecule has 18 heavy (non-hydrogen) atoms. The number of aliphatic hydroxyl groups excluding tert-OH is 1. The van der Waals surface area contributed by atoms with E-state index in [1.54, 1.807) is 0 Å². The van der Waals surface area contributed by atoms with Crippen LogP contribution in [0.2, 0.25) is 0 Å². The number of carboxylic acid groups (broad SMARTS) is 1. The van der Waals surface area contributed by atoms with E-state index in [-0.39, 0.29) is 21.6 Å². The molecule has 1 aromatic heterocycles. The molecule has 0 fully saturated rings. The van der Waals surface area contributed by atoms with Crippen molar-refractivity contribution in [3.8, 4) is 0 Å². The number of aliphatic hydroxyl groups is 1. The number of rotatable bonds is 3. The molecule has 2 aromatic rings. The van der Waals surface area contributed by atoms with Crippen LogP contribution in [0.3, 0.4) is 0 Å². The van der Waals surface area contributed by atoms with Crippen molar-refractivity contribution >= 4 is 21.9 Å². The van der Waals surface area contributed by atoms with Crippen LogP contribution in [-0.4, -0.2) is 16.2 Å². The second kappa shape index (κ2) is 4.91. The molecular formula is C12H8BrFO4. The lowest BCUT2D eigenvalue weighted by atomic mass is 10.1. The van der Waals surface area contributed by atoms with Gasteiger partial charge in [0.1, 0.15) is 17.7 Å². The largest absolute Gasteiger partial charge is 0.475 e. The molecule has 94 valence electrons. The Bertz CT molecular complexity index is 594. The molecule has 0 saturated carbocycles. The van der Waals surface area contributed by atoms with Crippen LogP contribution >= 0.6 is 15.9 Å². The number of hydrogen-bond donors (Lipinski definition) is 2. The zero-order valence-electron chi connectivity index (χ0n) is 8.93. The Hall–Kier alpha value is -1.66. The standard InChI is InChI=1S/C12H8BrFO4/c13-7-2-1-6(5-8(7)14)11(15)9-3-4-10(18-9)12(16)17/h1-5,11,15H,(H,16,17). The van der Waals surface area contributed by atoms with E-state index < -0.39 is 17.9 Å². The fourth-order valence-corrected chi connectivity index (χ4v) is 1.71. The summed E-state index contributed by atoms with van der Waals surface area (Å²) in [5.41, 5.74) is 0.280. The zero-order chi connectivity index (χ0) is 13.3. The first-order valence-electron chi connectivity index (χ1n) is 4.95. The maximum Gasteiger partial charge on any atom is 0.371 e. The van der Waals surface area contributed by atoms with Crippen LogP contribution in [0, 0.1) is 5.82 Å². The van der Waals surface area contributed by atoms with Crippen molar-refractivity contribution in [3.05, 3.63) is 57.7 Å². The molecule has 0 amide bonds. The lowest BCUT2D eigenvalue weighted by molar-refractivity contribution is 0.0655. The summed E-state index contributed by atoms with van der Waals surface area (Å²) in [6.07, 6.45) is -1.21. The first-order valence-corrected chi connectivity index (χ1v) is 5.74. The monoisotopic (exact) mass is 314 g/mol. The summed E-state index contributed by atoms with van der Waals surface area (Å²) < 4.78 is 18.5. The maximum atomic E-state index is 13.3. The second-order valence-electron chi connectivity index (χ2n) is 3.58. The SMILES string of the molecule is O=C(O)c1ccc(C(O)c2ccc(Br)c(F)c2)o1. The third-order valence-corrected chi connectivity index (χ3v) is 3.01. The minimum atomic E-state index is -1.23. The molecule has 1 aromatic carbocycles. The molecule has 1 unspecified atom stereocenters. The normalized spacial score (nSPS) is 12.4. The Balaban J connectivity index is 2.31. The summed E-state index contributed by atoms with van der Waals surface area (Å²) >= 11 is 3.00. The fourth-order valence-electron chi connectivity index (χ4n) is 1.46. The van der Waals surface area contributed by atoms with Gasteiger partial charge >= 0.3 is 5.97 Å². The Kier molecular flexibility index (Phi) is 3.49. The average Bonchev–Trinajstić information content (AvgIpc) is 2.81. The van der Waals surface area contributed by atoms with Crippen LogP contribution in [-0.2, 0) is 0 Å². The fraction of sp³-hybridized carbons (Fsp3) is 0.0833. The van der Waals surface area contributed by atoms with E-state index in [1.807, 2.05) is 0 Å². The number of aromatic carboxylic acids is 1. The van der Waals surface area contributed by atoms with Crippen LogP contribution in [0.25, 0.3) is 0 Å². The molecule has 4 nitrogen and oxygen atoms in total. The summed E-state index contributed by atoms with van der Waals surface area (Å²) in [7, 11) is 0. The van der Waals surface area contributed by atoms with Gasteiger partial charge in [-0.3, -0.25) is 0 Å². The third kappa shape index (κ3) is 2.44. The summed E-state index contributed by atoms with van der Waals surface area (Å²) in [5, 5.41) is 18.6. The number of benzene rings is 1. The molecule has 0 bridgehead atoms. The maximum absolute atomic E-state index is 13.3. The number of carbonyl (C=O) groups is 1. The summed E-state index contributed by atoms with van der Waals surface area (Å²) in [5.74, 6) is -1.97. The van der Waals surface area contributed by atoms with E-state index in [0.717, 1.165) is 6.07 Å². The summed E-state index contributed by atoms with van der Waals surface area (Å²) in [4.78, 5) is 10.6. The summed E-state index contributed by atoms with van der Waals surface area (Å²) in [6, 6.07) is 6.69. The lowest BCUT2D eigenvalue weighted by Crippen LogP contribution is -1.99. The molecule has 2 rings (SSSR count). The van der Waals surface area contributed by atoms with Crippen molar-refractivity contribution in [2.75, 3.05) is 0 Å². The molecule has 0 aliphatic rings. The molecule has 0 saturated heterocycles. The predicted molar refractivity (Wildman–Crippen MR) is 63.8 cm³/mol. The van der Waals surface area contributed by atoms with E-state index in [9.17, 15) is 14.3 Å². The highest BCUT2D eigenvalue weighted by Crippen LogP contribution is 2.26. The van der Waals surface area contributed by atoms with Gasteiger partial charge < -0.3 is 14.6 Å². The Morgan fingerprint density at radius 3 is 2.61 bits per heavy atom. The molecule has 6 heteroatoms. The van der Waals surface area contributed by atoms with Gasteiger partial charge in [-0.1, -0.05) is 6.07 Å². The first kappa shape index (κ1) is 12.8. The van der Waals surface area contributed by atoms with E-state index in [0.29, 0.717) is 0 Å². The van der Waals surface area contributed by atoms with Gasteiger partial charge in [-0.05, 0) is 45.8 Å². The van der Waals surface area contributed by atoms with Gasteiger partial charge in [0.05, 0.1) is 4.47 Å². The van der Waals surface area contributed by atoms with Crippen molar-refractivity contribution in [1.29, 1.82) is 0 Å². The van der Waals surface area contributed by atoms with Crippen LogP contribution in [0.4, 0.5) is 4.39 Å². The average molecular weight is 315 g/mol. The molecule has 1 heterocycles. The molecule has 0 spiro atoms. The predicted octanol–water partition coefficient (Wildman–Crippen LogP) is 2.96. The minimum Gasteiger partial charge on any atom is -0.475 e. The van der Waals surface area contributed by atoms with Crippen molar-refractivity contribution in [3.63, 3.8) is 0 Å². The van der Waals surface area contributed by atoms with Gasteiger partial charge in [0.25, 0.3) is 0 Å². The van der Waals surface area contributed by atoms with Gasteiger partial charge in [-0.25, -0.2) is 9.18 Å². The van der Waals surface area contributed by atoms with Crippen LogP contribution in [0.5, 0.6) is 0 Å². The van der Waals surface area contributed by atoms with Crippen LogP contribution < -0.4 is 0 Å². The van der Waals surface area contributed by atoms with Gasteiger partial charge in [0.15, 0.2) is 0 Å². The number of furan rings is 1. The number of halogens is 2. The Labute approximate surface area is 110 Å². The van der Waals surface area contributed by atoms with Crippen molar-refractivity contribution < 1.29 is 23.8 Å². The Morgan fingerprint density at radius 1 is 1.33 bits per heavy atom. The molecule has 0 aliphatic heterocycles. The topological polar surface area (TPSA) is 70.7 Å². The van der Waals surface area contributed by atoms with Crippen LogP contribution in [0.15, 0.2) is 39.2 Å². The quantitative estimate of drug-likeness (QED) is 0.913. The molecular weight excluding hydrogens is 307 g/mol. The van der Waals surface area contributed by atoms with E-state index >= 15 is 0 Å². The van der Waals surface area contributed by atoms with Gasteiger partial charge in [0, 0.05) is 0 Å². The molecule has 0 radical (unpaired) electrons. The number of hydrogen-bond acceptors (Lipinski definition) is 3. The van der Waals surface area contributed by atoms with E-state index in [1.165, 1.54) is 24.3 Å². The van der Waals surface area contributed by atoms with E-state index in [4.69, 9.17) is 9.52 Å². The van der Waals surface area contributed by atoms with Gasteiger partial charge in [-0.15, -0.1) is 0 Å². The second-order valence-corrected chi connectivity index (χ2v) is 4.44. The highest BCUT2D eigenvalue weighted by Gasteiger charge is 2.18. The highest BCUT2D eigenvalue weighted by molar-refractivity contribution is 9.10. The highest BCUT2D eigenvalue weighted by atomic mass is 79.9. The van der Waals surface area contributed by atoms with Crippen molar-refractivity contribution in [2.45, 2.75) is 6.10 Å². The zero-order valence-corrected chi connectivity index (χ0v) is 10.5. The van der Waals surface area contributed by atoms with Gasteiger partial charge in [0.2, 0.25) is 5.76 Å². The first-order chi connectivity index (χ1) is 8.49. The van der Waals surface area contributed by atoms with Gasteiger partial charge in [-0.2, -0.15) is 0 Å². The Morgan fingerprint density at radius 2 is 2.06 bits per heavy atom. The van der Waals surface area contributed by atoms with E-state index in [2.05, 4.69) is 15.9 Å². The minimum absolute atomic E-state index is 0.0501. The molecule has 1 atom stereocenters. The van der Waals surface area contributed by atoms with Crippen LogP contribution in [0.1, 0.15) is 28.0 Å². The number of carboxylic acids is 1. The summed E-state index contributed by atoms with van der Waals surface area (Å²) in [6.45, 7) is 0. The van der Waals surface area contributed by atoms with Crippen molar-refractivity contribution in [1.82, 2.24) is 0 Å². The smallest absolute Gasteiger partial charge is 0.371 e. The van der Waals surface area contributed by atoms with Crippen molar-refractivity contribution in [2.24, 2.45) is 0 Å². The lowest BCUT2D eigenvalue weighted by Gasteiger charge is -2.08. The third-order valence-electron chi connectivity index (χ3n) is 2.37. The molecule has 0 aliphatic carbocycles.